The average Bonchev–Trinajstić information content (AvgIpc) is 2.36. The van der Waals surface area contributed by atoms with Crippen molar-refractivity contribution >= 4 is 0 Å². The standard InChI is InChI=1S/C11H18O5/c1-4-9-15-6-8-11(16-9)10(13-3)7(12-2)5-14-8/h4,7-11H,1,5-6H2,2-3H3/t7-,8+,9?,10+,11+/m0/s1. The highest BCUT2D eigenvalue weighted by molar-refractivity contribution is 4.93. The molecule has 5 nitrogen and oxygen atoms in total. The first-order chi connectivity index (χ1) is 7.80. The highest BCUT2D eigenvalue weighted by Crippen LogP contribution is 2.27. The van der Waals surface area contributed by atoms with Gasteiger partial charge in [0.15, 0.2) is 6.29 Å². The fourth-order valence-corrected chi connectivity index (χ4v) is 2.13. The quantitative estimate of drug-likeness (QED) is 0.654. The maximum absolute atomic E-state index is 5.70. The van der Waals surface area contributed by atoms with Crippen molar-refractivity contribution in [2.75, 3.05) is 27.4 Å². The van der Waals surface area contributed by atoms with Crippen LogP contribution in [0, 0.1) is 0 Å². The molecule has 2 fully saturated rings. The lowest BCUT2D eigenvalue weighted by molar-refractivity contribution is -0.302. The maximum atomic E-state index is 5.70. The molecule has 2 aliphatic heterocycles. The molecule has 16 heavy (non-hydrogen) atoms. The summed E-state index contributed by atoms with van der Waals surface area (Å²) >= 11 is 0. The molecule has 0 radical (unpaired) electrons. The molecule has 2 heterocycles. The van der Waals surface area contributed by atoms with Gasteiger partial charge in [0.25, 0.3) is 0 Å². The van der Waals surface area contributed by atoms with E-state index in [9.17, 15) is 0 Å². The normalized spacial score (nSPS) is 43.8. The molecule has 1 unspecified atom stereocenters. The topological polar surface area (TPSA) is 46.2 Å². The van der Waals surface area contributed by atoms with Crippen LogP contribution in [-0.2, 0) is 23.7 Å². The Hall–Kier alpha value is -0.460. The van der Waals surface area contributed by atoms with E-state index in [1.807, 2.05) is 0 Å². The predicted octanol–water partition coefficient (Wildman–Crippen LogP) is 0.343. The molecule has 0 aromatic heterocycles. The van der Waals surface area contributed by atoms with Gasteiger partial charge < -0.3 is 23.7 Å². The summed E-state index contributed by atoms with van der Waals surface area (Å²) in [5.74, 6) is 0. The summed E-state index contributed by atoms with van der Waals surface area (Å²) in [4.78, 5) is 0. The second-order valence-corrected chi connectivity index (χ2v) is 3.88. The van der Waals surface area contributed by atoms with E-state index in [4.69, 9.17) is 23.7 Å². The van der Waals surface area contributed by atoms with Crippen molar-refractivity contribution in [2.24, 2.45) is 0 Å². The van der Waals surface area contributed by atoms with Gasteiger partial charge in [-0.05, 0) is 6.08 Å². The first-order valence-electron chi connectivity index (χ1n) is 5.37. The van der Waals surface area contributed by atoms with Crippen LogP contribution in [0.4, 0.5) is 0 Å². The Labute approximate surface area is 95.3 Å². The van der Waals surface area contributed by atoms with Crippen molar-refractivity contribution < 1.29 is 23.7 Å². The minimum Gasteiger partial charge on any atom is -0.376 e. The van der Waals surface area contributed by atoms with Gasteiger partial charge in [-0.15, -0.1) is 0 Å². The third-order valence-electron chi connectivity index (χ3n) is 3.01. The van der Waals surface area contributed by atoms with Crippen molar-refractivity contribution in [3.8, 4) is 0 Å². The molecule has 0 N–H and O–H groups in total. The molecule has 2 aliphatic rings. The molecule has 5 atom stereocenters. The summed E-state index contributed by atoms with van der Waals surface area (Å²) in [6.07, 6.45) is 0.746. The second kappa shape index (κ2) is 5.25. The lowest BCUT2D eigenvalue weighted by Gasteiger charge is -2.44. The van der Waals surface area contributed by atoms with Gasteiger partial charge in [0.05, 0.1) is 13.2 Å². The fourth-order valence-electron chi connectivity index (χ4n) is 2.13. The van der Waals surface area contributed by atoms with E-state index in [2.05, 4.69) is 6.58 Å². The number of hydrogen-bond donors (Lipinski definition) is 0. The summed E-state index contributed by atoms with van der Waals surface area (Å²) in [5, 5.41) is 0. The fraction of sp³-hybridized carbons (Fsp3) is 0.818. The number of hydrogen-bond acceptors (Lipinski definition) is 5. The molecule has 0 aromatic rings. The van der Waals surface area contributed by atoms with Crippen molar-refractivity contribution in [1.82, 2.24) is 0 Å². The Kier molecular flexibility index (Phi) is 3.94. The number of fused-ring (bicyclic) bond motifs is 1. The number of methoxy groups -OCH3 is 2. The largest absolute Gasteiger partial charge is 0.376 e. The zero-order chi connectivity index (χ0) is 11.5. The lowest BCUT2D eigenvalue weighted by Crippen LogP contribution is -2.60. The van der Waals surface area contributed by atoms with E-state index >= 15 is 0 Å². The summed E-state index contributed by atoms with van der Waals surface area (Å²) in [7, 11) is 3.30. The summed E-state index contributed by atoms with van der Waals surface area (Å²) in [6, 6.07) is 0. The molecule has 2 saturated heterocycles. The maximum Gasteiger partial charge on any atom is 0.177 e. The van der Waals surface area contributed by atoms with Crippen LogP contribution in [0.5, 0.6) is 0 Å². The Morgan fingerprint density at radius 1 is 1.19 bits per heavy atom. The molecule has 0 aromatic carbocycles. The van der Waals surface area contributed by atoms with Crippen molar-refractivity contribution in [1.29, 1.82) is 0 Å². The number of rotatable bonds is 3. The van der Waals surface area contributed by atoms with Gasteiger partial charge in [0, 0.05) is 14.2 Å². The lowest BCUT2D eigenvalue weighted by atomic mass is 9.99. The Morgan fingerprint density at radius 2 is 2.00 bits per heavy atom. The highest BCUT2D eigenvalue weighted by Gasteiger charge is 2.45. The van der Waals surface area contributed by atoms with Gasteiger partial charge >= 0.3 is 0 Å². The number of ether oxygens (including phenoxy) is 5. The second-order valence-electron chi connectivity index (χ2n) is 3.88. The first kappa shape index (κ1) is 12.0. The summed E-state index contributed by atoms with van der Waals surface area (Å²) in [6.45, 7) is 4.65. The Balaban J connectivity index is 2.07. The zero-order valence-corrected chi connectivity index (χ0v) is 9.63. The summed E-state index contributed by atoms with van der Waals surface area (Å²) < 4.78 is 27.5. The van der Waals surface area contributed by atoms with Gasteiger partial charge in [0.2, 0.25) is 0 Å². The smallest absolute Gasteiger partial charge is 0.177 e. The van der Waals surface area contributed by atoms with Crippen LogP contribution >= 0.6 is 0 Å². The highest BCUT2D eigenvalue weighted by atomic mass is 16.7. The van der Waals surface area contributed by atoms with E-state index in [0.717, 1.165) is 0 Å². The molecular weight excluding hydrogens is 212 g/mol. The van der Waals surface area contributed by atoms with Crippen LogP contribution in [0.3, 0.4) is 0 Å². The Bertz CT molecular complexity index is 245. The third-order valence-corrected chi connectivity index (χ3v) is 3.01. The van der Waals surface area contributed by atoms with Gasteiger partial charge in [-0.3, -0.25) is 0 Å². The molecule has 0 saturated carbocycles. The van der Waals surface area contributed by atoms with Gasteiger partial charge in [-0.25, -0.2) is 0 Å². The molecule has 0 bridgehead atoms. The average molecular weight is 230 g/mol. The van der Waals surface area contributed by atoms with Crippen LogP contribution in [0.2, 0.25) is 0 Å². The molecule has 5 heteroatoms. The van der Waals surface area contributed by atoms with Crippen molar-refractivity contribution in [2.45, 2.75) is 30.7 Å². The van der Waals surface area contributed by atoms with Crippen LogP contribution in [0.15, 0.2) is 12.7 Å². The Morgan fingerprint density at radius 3 is 2.62 bits per heavy atom. The molecule has 92 valence electrons. The van der Waals surface area contributed by atoms with E-state index in [-0.39, 0.29) is 24.4 Å². The van der Waals surface area contributed by atoms with Gasteiger partial charge in [-0.2, -0.15) is 0 Å². The van der Waals surface area contributed by atoms with Crippen molar-refractivity contribution in [3.05, 3.63) is 12.7 Å². The monoisotopic (exact) mass is 230 g/mol. The molecule has 2 rings (SSSR count). The van der Waals surface area contributed by atoms with Crippen LogP contribution in [0.1, 0.15) is 0 Å². The van der Waals surface area contributed by atoms with E-state index in [1.165, 1.54) is 0 Å². The van der Waals surface area contributed by atoms with Crippen molar-refractivity contribution in [3.63, 3.8) is 0 Å². The van der Waals surface area contributed by atoms with Gasteiger partial charge in [-0.1, -0.05) is 6.58 Å². The molecule has 0 aliphatic carbocycles. The van der Waals surface area contributed by atoms with Crippen LogP contribution in [0.25, 0.3) is 0 Å². The summed E-state index contributed by atoms with van der Waals surface area (Å²) in [5.41, 5.74) is 0. The van der Waals surface area contributed by atoms with E-state index in [1.54, 1.807) is 20.3 Å². The van der Waals surface area contributed by atoms with E-state index < -0.39 is 6.29 Å². The molecule has 0 spiro atoms. The molecule has 0 amide bonds. The molecular formula is C11H18O5. The third kappa shape index (κ3) is 2.14. The van der Waals surface area contributed by atoms with E-state index in [0.29, 0.717) is 13.2 Å². The SMILES string of the molecule is C=CC1OC[C@H]2OC[C@H](OC)[C@@H](OC)[C@@H]2O1. The zero-order valence-electron chi connectivity index (χ0n) is 9.63. The predicted molar refractivity (Wildman–Crippen MR) is 56.1 cm³/mol. The minimum atomic E-state index is -0.391. The van der Waals surface area contributed by atoms with Gasteiger partial charge in [0.1, 0.15) is 24.4 Å². The van der Waals surface area contributed by atoms with Crippen LogP contribution < -0.4 is 0 Å². The van der Waals surface area contributed by atoms with Crippen LogP contribution in [-0.4, -0.2) is 58.1 Å². The minimum absolute atomic E-state index is 0.0902. The first-order valence-corrected chi connectivity index (χ1v) is 5.37.